The summed E-state index contributed by atoms with van der Waals surface area (Å²) in [6.07, 6.45) is 0. The number of hydrogen-bond acceptors (Lipinski definition) is 5. The summed E-state index contributed by atoms with van der Waals surface area (Å²) in [7, 11) is 6.32. The summed E-state index contributed by atoms with van der Waals surface area (Å²) in [6, 6.07) is 10.8. The van der Waals surface area contributed by atoms with Crippen molar-refractivity contribution in [2.45, 2.75) is 0 Å². The normalized spacial score (nSPS) is 10.7. The third kappa shape index (κ3) is 2.58. The van der Waals surface area contributed by atoms with E-state index in [2.05, 4.69) is 0 Å². The smallest absolute Gasteiger partial charge is 0.196 e. The lowest BCUT2D eigenvalue weighted by molar-refractivity contribution is 0.404. The predicted octanol–water partition coefficient (Wildman–Crippen LogP) is 3.29. The average molecular weight is 326 g/mol. The molecule has 0 radical (unpaired) electrons. The monoisotopic (exact) mass is 326 g/mol. The van der Waals surface area contributed by atoms with Crippen molar-refractivity contribution in [3.8, 4) is 45.3 Å². The highest BCUT2D eigenvalue weighted by Gasteiger charge is 2.30. The van der Waals surface area contributed by atoms with Gasteiger partial charge >= 0.3 is 0 Å². The molecule has 3 aromatic rings. The van der Waals surface area contributed by atoms with E-state index < -0.39 is 0 Å². The van der Waals surface area contributed by atoms with Gasteiger partial charge in [0.2, 0.25) is 0 Å². The van der Waals surface area contributed by atoms with Crippen molar-refractivity contribution in [3.05, 3.63) is 46.6 Å². The highest BCUT2D eigenvalue weighted by atomic mass is 16.5. The van der Waals surface area contributed by atoms with Crippen molar-refractivity contribution < 1.29 is 18.9 Å². The van der Waals surface area contributed by atoms with Gasteiger partial charge in [0.15, 0.2) is 5.43 Å². The van der Waals surface area contributed by atoms with E-state index in [1.165, 1.54) is 0 Å². The van der Waals surface area contributed by atoms with E-state index in [1.807, 2.05) is 0 Å². The number of hydrogen-bond donors (Lipinski definition) is 0. The quantitative estimate of drug-likeness (QED) is 0.696. The molecule has 0 N–H and O–H groups in total. The Labute approximate surface area is 140 Å². The van der Waals surface area contributed by atoms with Crippen LogP contribution in [-0.2, 0) is 0 Å². The fourth-order valence-electron chi connectivity index (χ4n) is 2.70. The van der Waals surface area contributed by atoms with Crippen molar-refractivity contribution in [1.82, 2.24) is 0 Å². The molecule has 0 atom stereocenters. The first-order valence-corrected chi connectivity index (χ1v) is 7.38. The van der Waals surface area contributed by atoms with Gasteiger partial charge in [-0.1, -0.05) is 0 Å². The Kier molecular flexibility index (Phi) is 4.16. The van der Waals surface area contributed by atoms with Crippen LogP contribution >= 0.6 is 0 Å². The summed E-state index contributed by atoms with van der Waals surface area (Å²) in [5, 5.41) is 0. The second-order valence-electron chi connectivity index (χ2n) is 5.21. The van der Waals surface area contributed by atoms with Crippen LogP contribution < -0.4 is 24.4 Å². The molecular formula is C19H18O5. The van der Waals surface area contributed by atoms with Gasteiger partial charge in [-0.3, -0.25) is 4.79 Å². The van der Waals surface area contributed by atoms with Crippen LogP contribution in [0, 0.1) is 0 Å². The Balaban J connectivity index is 2.13. The van der Waals surface area contributed by atoms with Crippen LogP contribution in [0.3, 0.4) is 0 Å². The van der Waals surface area contributed by atoms with E-state index in [0.29, 0.717) is 45.3 Å². The zero-order valence-corrected chi connectivity index (χ0v) is 14.0. The Morgan fingerprint density at radius 2 is 1.04 bits per heavy atom. The molecule has 0 aliphatic heterocycles. The first-order valence-electron chi connectivity index (χ1n) is 7.38. The van der Waals surface area contributed by atoms with Crippen molar-refractivity contribution in [2.75, 3.05) is 28.4 Å². The zero-order valence-electron chi connectivity index (χ0n) is 14.0. The van der Waals surface area contributed by atoms with Crippen LogP contribution in [0.5, 0.6) is 23.0 Å². The molecule has 5 heteroatoms. The van der Waals surface area contributed by atoms with Crippen molar-refractivity contribution in [1.29, 1.82) is 0 Å². The molecule has 0 heterocycles. The highest BCUT2D eigenvalue weighted by Crippen LogP contribution is 2.44. The third-order valence-corrected chi connectivity index (χ3v) is 3.99. The maximum absolute atomic E-state index is 12.5. The summed E-state index contributed by atoms with van der Waals surface area (Å²) >= 11 is 0. The number of rotatable bonds is 6. The fourth-order valence-corrected chi connectivity index (χ4v) is 2.70. The van der Waals surface area contributed by atoms with Gasteiger partial charge in [-0.15, -0.1) is 0 Å². The van der Waals surface area contributed by atoms with Gasteiger partial charge in [0.05, 0.1) is 28.4 Å². The molecule has 0 fully saturated rings. The molecule has 3 rings (SSSR count). The minimum absolute atomic E-state index is 0.0342. The molecule has 0 amide bonds. The van der Waals surface area contributed by atoms with Gasteiger partial charge < -0.3 is 18.9 Å². The SMILES string of the molecule is COc1ccc(OC)c(-c2c(-c3cc(OC)ccc3OC)c2=O)c1. The molecule has 0 aliphatic carbocycles. The minimum Gasteiger partial charge on any atom is -0.497 e. The number of benzene rings is 2. The van der Waals surface area contributed by atoms with E-state index in [-0.39, 0.29) is 5.43 Å². The molecule has 24 heavy (non-hydrogen) atoms. The Morgan fingerprint density at radius 3 is 1.38 bits per heavy atom. The highest BCUT2D eigenvalue weighted by molar-refractivity contribution is 5.98. The average Bonchev–Trinajstić information content (AvgIpc) is 3.30. The molecule has 3 aromatic carbocycles. The molecule has 0 aliphatic rings. The maximum atomic E-state index is 12.5. The van der Waals surface area contributed by atoms with Crippen LogP contribution in [0.25, 0.3) is 22.3 Å². The van der Waals surface area contributed by atoms with Crippen LogP contribution in [0.2, 0.25) is 0 Å². The molecule has 0 saturated carbocycles. The van der Waals surface area contributed by atoms with E-state index in [1.54, 1.807) is 64.8 Å². The summed E-state index contributed by atoms with van der Waals surface area (Å²) in [5.41, 5.74) is 2.60. The fraction of sp³-hybridized carbons (Fsp3) is 0.211. The maximum Gasteiger partial charge on any atom is 0.196 e. The lowest BCUT2D eigenvalue weighted by Gasteiger charge is -2.09. The summed E-state index contributed by atoms with van der Waals surface area (Å²) in [5.74, 6) is 2.57. The Hall–Kier alpha value is -2.95. The molecule has 0 unspecified atom stereocenters. The number of methoxy groups -OCH3 is 4. The predicted molar refractivity (Wildman–Crippen MR) is 92.2 cm³/mol. The summed E-state index contributed by atoms with van der Waals surface area (Å²) < 4.78 is 21.3. The van der Waals surface area contributed by atoms with Gasteiger partial charge in [0.1, 0.15) is 23.0 Å². The van der Waals surface area contributed by atoms with E-state index >= 15 is 0 Å². The van der Waals surface area contributed by atoms with Crippen LogP contribution in [0.1, 0.15) is 0 Å². The van der Waals surface area contributed by atoms with Crippen LogP contribution in [0.4, 0.5) is 0 Å². The Morgan fingerprint density at radius 1 is 0.625 bits per heavy atom. The zero-order chi connectivity index (χ0) is 17.3. The molecule has 5 nitrogen and oxygen atoms in total. The van der Waals surface area contributed by atoms with Gasteiger partial charge in [-0.25, -0.2) is 0 Å². The second-order valence-corrected chi connectivity index (χ2v) is 5.21. The van der Waals surface area contributed by atoms with E-state index in [0.717, 1.165) is 0 Å². The third-order valence-electron chi connectivity index (χ3n) is 3.99. The van der Waals surface area contributed by atoms with Crippen LogP contribution in [0.15, 0.2) is 41.2 Å². The minimum atomic E-state index is -0.0342. The Bertz CT molecular complexity index is 817. The molecule has 0 spiro atoms. The number of ether oxygens (including phenoxy) is 4. The molecule has 0 aromatic heterocycles. The summed E-state index contributed by atoms with van der Waals surface area (Å²) in [4.78, 5) is 12.5. The van der Waals surface area contributed by atoms with E-state index in [4.69, 9.17) is 18.9 Å². The molecule has 124 valence electrons. The van der Waals surface area contributed by atoms with Gasteiger partial charge in [-0.05, 0) is 36.4 Å². The first-order chi connectivity index (χ1) is 11.6. The largest absolute Gasteiger partial charge is 0.497 e. The van der Waals surface area contributed by atoms with E-state index in [9.17, 15) is 4.79 Å². The second kappa shape index (κ2) is 6.28. The molecular weight excluding hydrogens is 308 g/mol. The van der Waals surface area contributed by atoms with Gasteiger partial charge in [0, 0.05) is 22.3 Å². The van der Waals surface area contributed by atoms with Crippen molar-refractivity contribution >= 4 is 0 Å². The van der Waals surface area contributed by atoms with Crippen molar-refractivity contribution in [3.63, 3.8) is 0 Å². The van der Waals surface area contributed by atoms with Crippen molar-refractivity contribution in [2.24, 2.45) is 0 Å². The van der Waals surface area contributed by atoms with Crippen LogP contribution in [-0.4, -0.2) is 28.4 Å². The molecule has 0 saturated heterocycles. The first kappa shape index (κ1) is 15.9. The molecule has 0 bridgehead atoms. The van der Waals surface area contributed by atoms with Gasteiger partial charge in [-0.2, -0.15) is 0 Å². The standard InChI is InChI=1S/C19H18O5/c1-21-11-5-7-15(23-3)13(9-11)17-18(19(17)20)14-10-12(22-2)6-8-16(14)24-4/h5-10H,1-4H3. The lowest BCUT2D eigenvalue weighted by atomic mass is 10.1. The topological polar surface area (TPSA) is 54.0 Å². The lowest BCUT2D eigenvalue weighted by Crippen LogP contribution is -1.89. The summed E-state index contributed by atoms with van der Waals surface area (Å²) in [6.45, 7) is 0. The van der Waals surface area contributed by atoms with Gasteiger partial charge in [0.25, 0.3) is 0 Å².